The van der Waals surface area contributed by atoms with Crippen molar-refractivity contribution in [3.63, 3.8) is 0 Å². The first-order valence-corrected chi connectivity index (χ1v) is 11.7. The first-order valence-electron chi connectivity index (χ1n) is 11.7. The molecule has 4 N–H and O–H groups in total. The van der Waals surface area contributed by atoms with Gasteiger partial charge < -0.3 is 20.0 Å². The Labute approximate surface area is 210 Å². The number of carbonyl (C=O) groups is 2. The Morgan fingerprint density at radius 3 is 2.57 bits per heavy atom. The number of anilines is 1. The molecule has 0 radical (unpaired) electrons. The van der Waals surface area contributed by atoms with E-state index in [4.69, 9.17) is 4.74 Å². The number of amides is 2. The molecule has 3 aromatic carbocycles. The summed E-state index contributed by atoms with van der Waals surface area (Å²) in [6.45, 7) is 0.398. The van der Waals surface area contributed by atoms with Crippen molar-refractivity contribution in [2.75, 3.05) is 11.9 Å². The molecular weight excluding hydrogens is 470 g/mol. The zero-order valence-corrected chi connectivity index (χ0v) is 19.5. The normalized spacial score (nSPS) is 11.1. The number of H-pyrrole nitrogens is 2. The largest absolute Gasteiger partial charge is 0.420 e. The van der Waals surface area contributed by atoms with Gasteiger partial charge in [-0.2, -0.15) is 0 Å². The number of nitrogens with one attached hydrogen (secondary N) is 4. The van der Waals surface area contributed by atoms with Crippen LogP contribution in [-0.4, -0.2) is 43.5 Å². The van der Waals surface area contributed by atoms with E-state index in [1.165, 1.54) is 0 Å². The minimum absolute atomic E-state index is 0.156. The second-order valence-electron chi connectivity index (χ2n) is 8.38. The van der Waals surface area contributed by atoms with Crippen LogP contribution in [0.4, 0.5) is 10.7 Å². The number of aromatic nitrogens is 5. The smallest absolute Gasteiger partial charge is 0.391 e. The maximum absolute atomic E-state index is 12.9. The molecule has 0 saturated heterocycles. The summed E-state index contributed by atoms with van der Waals surface area (Å²) in [5, 5.41) is 7.31. The van der Waals surface area contributed by atoms with Gasteiger partial charge in [-0.15, -0.1) is 0 Å². The average Bonchev–Trinajstić information content (AvgIpc) is 3.51. The van der Waals surface area contributed by atoms with E-state index in [0.717, 1.165) is 27.6 Å². The standard InChI is InChI=1S/C27H21N7O3/c35-25(28-13-12-22-30-19-9-3-4-10-20(19)31-22)18-8-5-11-21-24(18)33-26(32-21)34-27(36)37-23-14-16-6-1-2-7-17(16)15-29-23/h1-11,14-15H,12-13H2,(H,28,35)(H,30,31)(H2,32,33,34,36). The van der Waals surface area contributed by atoms with Crippen LogP contribution in [-0.2, 0) is 6.42 Å². The Kier molecular flexibility index (Phi) is 5.66. The first kappa shape index (κ1) is 22.2. The van der Waals surface area contributed by atoms with Crippen LogP contribution in [0.2, 0.25) is 0 Å². The number of nitrogens with zero attached hydrogens (tertiary/aromatic N) is 3. The molecule has 0 fully saturated rings. The molecule has 182 valence electrons. The third-order valence-corrected chi connectivity index (χ3v) is 5.87. The summed E-state index contributed by atoms with van der Waals surface area (Å²) < 4.78 is 5.31. The van der Waals surface area contributed by atoms with E-state index in [2.05, 4.69) is 35.6 Å². The number of benzene rings is 3. The molecule has 0 aliphatic rings. The van der Waals surface area contributed by atoms with Gasteiger partial charge in [0, 0.05) is 30.6 Å². The predicted octanol–water partition coefficient (Wildman–Crippen LogP) is 4.57. The molecule has 3 aromatic heterocycles. The van der Waals surface area contributed by atoms with E-state index < -0.39 is 6.09 Å². The van der Waals surface area contributed by atoms with Crippen molar-refractivity contribution >= 4 is 50.8 Å². The molecule has 0 bridgehead atoms. The third-order valence-electron chi connectivity index (χ3n) is 5.87. The van der Waals surface area contributed by atoms with Gasteiger partial charge in [-0.25, -0.2) is 19.7 Å². The van der Waals surface area contributed by atoms with Crippen molar-refractivity contribution in [2.45, 2.75) is 6.42 Å². The van der Waals surface area contributed by atoms with Gasteiger partial charge in [-0.1, -0.05) is 42.5 Å². The first-order chi connectivity index (χ1) is 18.1. The van der Waals surface area contributed by atoms with E-state index in [1.54, 1.807) is 30.5 Å². The van der Waals surface area contributed by atoms with Crippen LogP contribution in [0.5, 0.6) is 5.88 Å². The topological polar surface area (TPSA) is 138 Å². The van der Waals surface area contributed by atoms with Gasteiger partial charge in [0.15, 0.2) is 0 Å². The third kappa shape index (κ3) is 4.67. The fraction of sp³-hybridized carbons (Fsp3) is 0.0741. The molecule has 0 atom stereocenters. The van der Waals surface area contributed by atoms with E-state index in [0.29, 0.717) is 29.6 Å². The molecule has 2 amide bonds. The van der Waals surface area contributed by atoms with Gasteiger partial charge >= 0.3 is 6.09 Å². The van der Waals surface area contributed by atoms with Gasteiger partial charge in [0.05, 0.1) is 22.1 Å². The zero-order valence-electron chi connectivity index (χ0n) is 19.5. The summed E-state index contributed by atoms with van der Waals surface area (Å²) in [6, 6.07) is 22.3. The minimum Gasteiger partial charge on any atom is -0.391 e. The van der Waals surface area contributed by atoms with Crippen LogP contribution in [0.15, 0.2) is 79.0 Å². The Balaban J connectivity index is 1.11. The van der Waals surface area contributed by atoms with Crippen molar-refractivity contribution in [3.05, 3.63) is 90.4 Å². The highest BCUT2D eigenvalue weighted by Crippen LogP contribution is 2.20. The molecule has 10 nitrogen and oxygen atoms in total. The fourth-order valence-electron chi connectivity index (χ4n) is 4.12. The number of fused-ring (bicyclic) bond motifs is 3. The summed E-state index contributed by atoms with van der Waals surface area (Å²) in [5.41, 5.74) is 3.27. The Morgan fingerprint density at radius 2 is 1.68 bits per heavy atom. The number of ether oxygens (including phenoxy) is 1. The number of aromatic amines is 2. The van der Waals surface area contributed by atoms with Crippen molar-refractivity contribution in [1.82, 2.24) is 30.2 Å². The number of hydrogen-bond acceptors (Lipinski definition) is 6. The van der Waals surface area contributed by atoms with Crippen molar-refractivity contribution in [1.29, 1.82) is 0 Å². The zero-order chi connectivity index (χ0) is 25.2. The van der Waals surface area contributed by atoms with Gasteiger partial charge in [-0.05, 0) is 29.7 Å². The van der Waals surface area contributed by atoms with Gasteiger partial charge in [0.25, 0.3) is 5.91 Å². The fourth-order valence-corrected chi connectivity index (χ4v) is 4.12. The maximum Gasteiger partial charge on any atom is 0.420 e. The highest BCUT2D eigenvalue weighted by atomic mass is 16.6. The molecule has 6 aromatic rings. The Morgan fingerprint density at radius 1 is 0.865 bits per heavy atom. The summed E-state index contributed by atoms with van der Waals surface area (Å²) >= 11 is 0. The summed E-state index contributed by atoms with van der Waals surface area (Å²) in [6.07, 6.45) is 1.44. The number of rotatable bonds is 6. The lowest BCUT2D eigenvalue weighted by molar-refractivity contribution is 0.0955. The van der Waals surface area contributed by atoms with E-state index in [9.17, 15) is 9.59 Å². The van der Waals surface area contributed by atoms with Gasteiger partial charge in [0.1, 0.15) is 11.3 Å². The second-order valence-corrected chi connectivity index (χ2v) is 8.38. The lowest BCUT2D eigenvalue weighted by atomic mass is 10.1. The van der Waals surface area contributed by atoms with Crippen LogP contribution in [0, 0.1) is 0 Å². The highest BCUT2D eigenvalue weighted by molar-refractivity contribution is 6.05. The van der Waals surface area contributed by atoms with E-state index in [-0.39, 0.29) is 17.7 Å². The van der Waals surface area contributed by atoms with Crippen LogP contribution in [0.25, 0.3) is 32.8 Å². The Bertz CT molecular complexity index is 1740. The lowest BCUT2D eigenvalue weighted by Gasteiger charge is -2.05. The number of pyridine rings is 1. The number of hydrogen-bond donors (Lipinski definition) is 4. The Hall–Kier alpha value is -5.25. The average molecular weight is 492 g/mol. The molecule has 0 unspecified atom stereocenters. The summed E-state index contributed by atoms with van der Waals surface area (Å²) in [7, 11) is 0. The molecular formula is C27H21N7O3. The molecule has 0 saturated carbocycles. The summed E-state index contributed by atoms with van der Waals surface area (Å²) in [5.74, 6) is 0.841. The SMILES string of the molecule is O=C(Nc1nc2c(C(=O)NCCc3nc4ccccc4[nH]3)cccc2[nH]1)Oc1cc2ccccc2cn1. The van der Waals surface area contributed by atoms with E-state index in [1.807, 2.05) is 48.5 Å². The van der Waals surface area contributed by atoms with Crippen molar-refractivity contribution in [3.8, 4) is 5.88 Å². The minimum atomic E-state index is -0.751. The number of imidazole rings is 2. The predicted molar refractivity (Wildman–Crippen MR) is 140 cm³/mol. The molecule has 3 heterocycles. The van der Waals surface area contributed by atoms with E-state index >= 15 is 0 Å². The monoisotopic (exact) mass is 491 g/mol. The van der Waals surface area contributed by atoms with Crippen LogP contribution in [0.3, 0.4) is 0 Å². The lowest BCUT2D eigenvalue weighted by Crippen LogP contribution is -2.26. The van der Waals surface area contributed by atoms with Crippen LogP contribution >= 0.6 is 0 Å². The molecule has 0 spiro atoms. The molecule has 10 heteroatoms. The second kappa shape index (κ2) is 9.42. The highest BCUT2D eigenvalue weighted by Gasteiger charge is 2.16. The number of para-hydroxylation sites is 3. The van der Waals surface area contributed by atoms with Gasteiger partial charge in [0.2, 0.25) is 11.8 Å². The molecule has 6 rings (SSSR count). The molecule has 37 heavy (non-hydrogen) atoms. The molecule has 0 aliphatic heterocycles. The number of carbonyl (C=O) groups excluding carboxylic acids is 2. The van der Waals surface area contributed by atoms with Crippen molar-refractivity contribution in [2.24, 2.45) is 0 Å². The quantitative estimate of drug-likeness (QED) is 0.269. The van der Waals surface area contributed by atoms with Crippen LogP contribution in [0.1, 0.15) is 16.2 Å². The van der Waals surface area contributed by atoms with Crippen LogP contribution < -0.4 is 15.4 Å². The maximum atomic E-state index is 12.9. The molecule has 0 aliphatic carbocycles. The summed E-state index contributed by atoms with van der Waals surface area (Å²) in [4.78, 5) is 44.6. The van der Waals surface area contributed by atoms with Gasteiger partial charge in [-0.3, -0.25) is 10.1 Å². The van der Waals surface area contributed by atoms with Crippen molar-refractivity contribution < 1.29 is 14.3 Å².